The number of likely N-dealkylation sites (N-methyl/N-ethyl adjacent to an activating group) is 1. The molecule has 1 N–H and O–H groups in total. The number of amides is 1. The van der Waals surface area contributed by atoms with Gasteiger partial charge in [0, 0.05) is 25.8 Å². The van der Waals surface area contributed by atoms with Crippen LogP contribution in [0.1, 0.15) is 29.6 Å². The van der Waals surface area contributed by atoms with Crippen molar-refractivity contribution in [1.29, 1.82) is 0 Å². The second-order valence-corrected chi connectivity index (χ2v) is 5.25. The van der Waals surface area contributed by atoms with E-state index >= 15 is 0 Å². The molecule has 1 amide bonds. The van der Waals surface area contributed by atoms with E-state index in [0.29, 0.717) is 12.1 Å². The summed E-state index contributed by atoms with van der Waals surface area (Å²) in [6, 6.07) is 4.49. The zero-order chi connectivity index (χ0) is 13.8. The lowest BCUT2D eigenvalue weighted by Crippen LogP contribution is -2.37. The molecule has 5 heteroatoms. The number of benzene rings is 1. The molecule has 104 valence electrons. The smallest absolute Gasteiger partial charge is 0.253 e. The van der Waals surface area contributed by atoms with Crippen molar-refractivity contribution in [2.24, 2.45) is 0 Å². The van der Waals surface area contributed by atoms with Gasteiger partial charge in [0.1, 0.15) is 5.75 Å². The first-order valence-electron chi connectivity index (χ1n) is 6.43. The van der Waals surface area contributed by atoms with Crippen molar-refractivity contribution in [2.75, 3.05) is 20.2 Å². The lowest BCUT2D eigenvalue weighted by Gasteiger charge is -2.27. The molecular weight excluding hydrogens is 266 g/mol. The summed E-state index contributed by atoms with van der Waals surface area (Å²) in [6.45, 7) is 1.36. The number of halogens is 1. The Morgan fingerprint density at radius 2 is 2.32 bits per heavy atom. The number of phenolic OH excluding ortho intramolecular Hbond substituents is 1. The quantitative estimate of drug-likeness (QED) is 0.928. The second kappa shape index (κ2) is 6.26. The summed E-state index contributed by atoms with van der Waals surface area (Å²) >= 11 is 5.81. The number of ether oxygens (including phenoxy) is 1. The molecular formula is C14H18ClNO3. The number of aromatic hydroxyl groups is 1. The lowest BCUT2D eigenvalue weighted by atomic mass is 10.1. The van der Waals surface area contributed by atoms with Gasteiger partial charge in [-0.25, -0.2) is 0 Å². The number of carbonyl (C=O) groups excluding carboxylic acids is 1. The Balaban J connectivity index is 1.99. The van der Waals surface area contributed by atoms with Gasteiger partial charge in [-0.15, -0.1) is 0 Å². The fourth-order valence-electron chi connectivity index (χ4n) is 2.20. The largest absolute Gasteiger partial charge is 0.506 e. The molecule has 1 heterocycles. The Kier molecular flexibility index (Phi) is 4.66. The van der Waals surface area contributed by atoms with Gasteiger partial charge in [-0.2, -0.15) is 0 Å². The predicted molar refractivity (Wildman–Crippen MR) is 73.7 cm³/mol. The lowest BCUT2D eigenvalue weighted by molar-refractivity contribution is -0.000188. The molecule has 1 unspecified atom stereocenters. The van der Waals surface area contributed by atoms with Crippen LogP contribution in [0.4, 0.5) is 0 Å². The topological polar surface area (TPSA) is 49.8 Å². The van der Waals surface area contributed by atoms with Crippen molar-refractivity contribution in [3.63, 3.8) is 0 Å². The predicted octanol–water partition coefficient (Wildman–Crippen LogP) is 2.69. The third-order valence-electron chi connectivity index (χ3n) is 3.29. The molecule has 1 aromatic carbocycles. The van der Waals surface area contributed by atoms with Gasteiger partial charge in [-0.05, 0) is 37.5 Å². The summed E-state index contributed by atoms with van der Waals surface area (Å²) in [5.74, 6) is -0.132. The third kappa shape index (κ3) is 3.61. The van der Waals surface area contributed by atoms with Crippen LogP contribution in [0.2, 0.25) is 5.02 Å². The van der Waals surface area contributed by atoms with Crippen molar-refractivity contribution < 1.29 is 14.6 Å². The first-order chi connectivity index (χ1) is 9.08. The van der Waals surface area contributed by atoms with Crippen molar-refractivity contribution in [3.05, 3.63) is 28.8 Å². The Morgan fingerprint density at radius 1 is 1.53 bits per heavy atom. The summed E-state index contributed by atoms with van der Waals surface area (Å²) in [7, 11) is 1.75. The summed E-state index contributed by atoms with van der Waals surface area (Å²) in [4.78, 5) is 13.8. The van der Waals surface area contributed by atoms with Gasteiger partial charge >= 0.3 is 0 Å². The highest BCUT2D eigenvalue weighted by Crippen LogP contribution is 2.24. The molecule has 2 rings (SSSR count). The molecule has 0 spiro atoms. The number of rotatable bonds is 3. The van der Waals surface area contributed by atoms with Crippen LogP contribution in [-0.4, -0.2) is 42.2 Å². The molecule has 1 aromatic rings. The van der Waals surface area contributed by atoms with E-state index in [1.165, 1.54) is 12.1 Å². The van der Waals surface area contributed by atoms with Crippen molar-refractivity contribution in [2.45, 2.75) is 25.4 Å². The molecule has 0 saturated carbocycles. The SMILES string of the molecule is CN(CC1CCCCO1)C(=O)c1ccc(O)c(Cl)c1. The van der Waals surface area contributed by atoms with E-state index in [4.69, 9.17) is 16.3 Å². The van der Waals surface area contributed by atoms with Gasteiger partial charge in [0.15, 0.2) is 0 Å². The average Bonchev–Trinajstić information content (AvgIpc) is 2.42. The summed E-state index contributed by atoms with van der Waals surface area (Å²) < 4.78 is 5.62. The van der Waals surface area contributed by atoms with E-state index in [-0.39, 0.29) is 22.8 Å². The molecule has 0 bridgehead atoms. The first kappa shape index (κ1) is 14.2. The summed E-state index contributed by atoms with van der Waals surface area (Å²) in [5.41, 5.74) is 0.473. The molecule has 4 nitrogen and oxygen atoms in total. The van der Waals surface area contributed by atoms with Crippen LogP contribution in [0, 0.1) is 0 Å². The molecule has 1 aliphatic heterocycles. The minimum absolute atomic E-state index is 0.0171. The van der Waals surface area contributed by atoms with Crippen LogP contribution in [0.15, 0.2) is 18.2 Å². The van der Waals surface area contributed by atoms with E-state index in [2.05, 4.69) is 0 Å². The Labute approximate surface area is 117 Å². The fourth-order valence-corrected chi connectivity index (χ4v) is 2.38. The normalized spacial score (nSPS) is 19.2. The number of hydrogen-bond acceptors (Lipinski definition) is 3. The zero-order valence-electron chi connectivity index (χ0n) is 10.9. The van der Waals surface area contributed by atoms with Gasteiger partial charge in [-0.1, -0.05) is 11.6 Å². The van der Waals surface area contributed by atoms with Gasteiger partial charge in [0.25, 0.3) is 5.91 Å². The number of nitrogens with zero attached hydrogens (tertiary/aromatic N) is 1. The van der Waals surface area contributed by atoms with Crippen molar-refractivity contribution in [3.8, 4) is 5.75 Å². The number of hydrogen-bond donors (Lipinski definition) is 1. The molecule has 1 atom stereocenters. The van der Waals surface area contributed by atoms with Crippen LogP contribution < -0.4 is 0 Å². The highest BCUT2D eigenvalue weighted by atomic mass is 35.5. The molecule has 1 saturated heterocycles. The molecule has 1 aliphatic rings. The standard InChI is InChI=1S/C14H18ClNO3/c1-16(9-11-4-2-3-7-19-11)14(18)10-5-6-13(17)12(15)8-10/h5-6,8,11,17H,2-4,7,9H2,1H3. The van der Waals surface area contributed by atoms with E-state index in [0.717, 1.165) is 25.9 Å². The highest BCUT2D eigenvalue weighted by Gasteiger charge is 2.20. The number of carbonyl (C=O) groups is 1. The molecule has 0 radical (unpaired) electrons. The third-order valence-corrected chi connectivity index (χ3v) is 3.60. The van der Waals surface area contributed by atoms with Crippen LogP contribution in [0.25, 0.3) is 0 Å². The Hall–Kier alpha value is -1.26. The number of phenols is 1. The fraction of sp³-hybridized carbons (Fsp3) is 0.500. The van der Waals surface area contributed by atoms with Gasteiger partial charge in [0.2, 0.25) is 0 Å². The maximum atomic E-state index is 12.2. The van der Waals surface area contributed by atoms with Crippen LogP contribution >= 0.6 is 11.6 Å². The Morgan fingerprint density at radius 3 is 2.95 bits per heavy atom. The highest BCUT2D eigenvalue weighted by molar-refractivity contribution is 6.32. The average molecular weight is 284 g/mol. The van der Waals surface area contributed by atoms with Crippen LogP contribution in [0.3, 0.4) is 0 Å². The van der Waals surface area contributed by atoms with E-state index < -0.39 is 0 Å². The van der Waals surface area contributed by atoms with Crippen molar-refractivity contribution in [1.82, 2.24) is 4.90 Å². The first-order valence-corrected chi connectivity index (χ1v) is 6.81. The van der Waals surface area contributed by atoms with Gasteiger partial charge in [-0.3, -0.25) is 4.79 Å². The van der Waals surface area contributed by atoms with E-state index in [1.807, 2.05) is 0 Å². The zero-order valence-corrected chi connectivity index (χ0v) is 11.7. The van der Waals surface area contributed by atoms with Crippen LogP contribution in [0.5, 0.6) is 5.75 Å². The molecule has 1 fully saturated rings. The summed E-state index contributed by atoms with van der Waals surface area (Å²) in [6.07, 6.45) is 3.36. The maximum absolute atomic E-state index is 12.2. The maximum Gasteiger partial charge on any atom is 0.253 e. The van der Waals surface area contributed by atoms with E-state index in [1.54, 1.807) is 18.0 Å². The Bertz CT molecular complexity index is 458. The molecule has 0 aromatic heterocycles. The second-order valence-electron chi connectivity index (χ2n) is 4.84. The summed E-state index contributed by atoms with van der Waals surface area (Å²) in [5, 5.41) is 9.54. The van der Waals surface area contributed by atoms with Crippen LogP contribution in [-0.2, 0) is 4.74 Å². The minimum Gasteiger partial charge on any atom is -0.506 e. The van der Waals surface area contributed by atoms with Crippen molar-refractivity contribution >= 4 is 17.5 Å². The molecule has 19 heavy (non-hydrogen) atoms. The van der Waals surface area contributed by atoms with Gasteiger partial charge < -0.3 is 14.7 Å². The molecule has 0 aliphatic carbocycles. The monoisotopic (exact) mass is 283 g/mol. The minimum atomic E-state index is -0.115. The van der Waals surface area contributed by atoms with E-state index in [9.17, 15) is 9.90 Å². The van der Waals surface area contributed by atoms with Gasteiger partial charge in [0.05, 0.1) is 11.1 Å².